The summed E-state index contributed by atoms with van der Waals surface area (Å²) in [5.41, 5.74) is -0.460. The molecule has 0 aliphatic heterocycles. The second kappa shape index (κ2) is 4.96. The minimum atomic E-state index is -0.460. The third kappa shape index (κ3) is 3.48. The van der Waals surface area contributed by atoms with E-state index in [2.05, 4.69) is 25.2 Å². The van der Waals surface area contributed by atoms with Crippen molar-refractivity contribution in [3.63, 3.8) is 0 Å². The molecule has 0 aromatic carbocycles. The maximum absolute atomic E-state index is 9.36. The molecule has 0 bridgehead atoms. The largest absolute Gasteiger partial charge is 0.376 e. The first-order chi connectivity index (χ1) is 7.00. The minimum absolute atomic E-state index is 0.186. The molecule has 1 N–H and O–H groups in total. The lowest BCUT2D eigenvalue weighted by molar-refractivity contribution is 0.0352. The van der Waals surface area contributed by atoms with Crippen LogP contribution in [-0.2, 0) is 4.74 Å². The van der Waals surface area contributed by atoms with Crippen LogP contribution in [0, 0.1) is 17.2 Å². The van der Waals surface area contributed by atoms with Gasteiger partial charge in [0.05, 0.1) is 18.8 Å². The normalized spacial score (nSPS) is 20.3. The van der Waals surface area contributed by atoms with Gasteiger partial charge in [0.15, 0.2) is 0 Å². The van der Waals surface area contributed by atoms with Gasteiger partial charge < -0.3 is 4.74 Å². The summed E-state index contributed by atoms with van der Waals surface area (Å²) < 4.78 is 5.62. The van der Waals surface area contributed by atoms with Crippen LogP contribution >= 0.6 is 0 Å². The van der Waals surface area contributed by atoms with Crippen molar-refractivity contribution in [1.82, 2.24) is 5.32 Å². The smallest absolute Gasteiger partial charge is 0.133 e. The van der Waals surface area contributed by atoms with E-state index in [1.54, 1.807) is 0 Å². The van der Waals surface area contributed by atoms with E-state index in [-0.39, 0.29) is 6.10 Å². The Balaban J connectivity index is 2.62. The molecule has 0 saturated heterocycles. The molecule has 1 rings (SSSR count). The van der Waals surface area contributed by atoms with Crippen molar-refractivity contribution >= 4 is 0 Å². The fraction of sp³-hybridized carbons (Fsp3) is 0.917. The third-order valence-electron chi connectivity index (χ3n) is 2.66. The molecule has 1 fully saturated rings. The number of nitriles is 1. The number of ether oxygens (including phenoxy) is 1. The molecule has 3 nitrogen and oxygen atoms in total. The van der Waals surface area contributed by atoms with Crippen molar-refractivity contribution in [2.75, 3.05) is 6.61 Å². The molecule has 15 heavy (non-hydrogen) atoms. The summed E-state index contributed by atoms with van der Waals surface area (Å²) >= 11 is 0. The molecular formula is C12H22N2O. The molecule has 0 aromatic heterocycles. The molecule has 1 saturated carbocycles. The van der Waals surface area contributed by atoms with Gasteiger partial charge >= 0.3 is 0 Å². The van der Waals surface area contributed by atoms with Crippen molar-refractivity contribution in [3.05, 3.63) is 0 Å². The highest BCUT2D eigenvalue weighted by atomic mass is 16.5. The van der Waals surface area contributed by atoms with Crippen molar-refractivity contribution < 1.29 is 4.74 Å². The van der Waals surface area contributed by atoms with E-state index in [9.17, 15) is 5.26 Å². The summed E-state index contributed by atoms with van der Waals surface area (Å²) in [4.78, 5) is 0. The first-order valence-corrected chi connectivity index (χ1v) is 5.80. The summed E-state index contributed by atoms with van der Waals surface area (Å²) in [6.07, 6.45) is 2.48. The third-order valence-corrected chi connectivity index (χ3v) is 2.66. The second-order valence-electron chi connectivity index (χ2n) is 5.02. The lowest BCUT2D eigenvalue weighted by atomic mass is 9.95. The van der Waals surface area contributed by atoms with Gasteiger partial charge in [-0.25, -0.2) is 0 Å². The Morgan fingerprint density at radius 2 is 2.00 bits per heavy atom. The van der Waals surface area contributed by atoms with Gasteiger partial charge in [0.2, 0.25) is 0 Å². The zero-order valence-corrected chi connectivity index (χ0v) is 10.2. The van der Waals surface area contributed by atoms with Crippen molar-refractivity contribution in [2.24, 2.45) is 5.92 Å². The predicted octanol–water partition coefficient (Wildman–Crippen LogP) is 2.08. The van der Waals surface area contributed by atoms with Crippen molar-refractivity contribution in [3.8, 4) is 6.07 Å². The quantitative estimate of drug-likeness (QED) is 0.730. The Morgan fingerprint density at radius 3 is 2.33 bits per heavy atom. The lowest BCUT2D eigenvalue weighted by Gasteiger charge is -2.30. The van der Waals surface area contributed by atoms with Gasteiger partial charge in [0.25, 0.3) is 0 Å². The number of hydrogen-bond donors (Lipinski definition) is 1. The van der Waals surface area contributed by atoms with Crippen molar-refractivity contribution in [1.29, 1.82) is 5.26 Å². The molecule has 0 amide bonds. The van der Waals surface area contributed by atoms with Crippen LogP contribution < -0.4 is 5.32 Å². The Kier molecular flexibility index (Phi) is 4.12. The van der Waals surface area contributed by atoms with E-state index < -0.39 is 5.54 Å². The molecule has 1 unspecified atom stereocenters. The van der Waals surface area contributed by atoms with Gasteiger partial charge in [-0.2, -0.15) is 5.26 Å². The van der Waals surface area contributed by atoms with E-state index in [1.807, 2.05) is 13.8 Å². The van der Waals surface area contributed by atoms with Crippen LogP contribution in [0.2, 0.25) is 0 Å². The van der Waals surface area contributed by atoms with Crippen LogP contribution in [0.25, 0.3) is 0 Å². The molecule has 3 heteroatoms. The standard InChI is InChI=1S/C12H22N2O/c1-9(2)14-12(7-13,11-5-6-11)8-15-10(3)4/h9-11,14H,5-6,8H2,1-4H3. The summed E-state index contributed by atoms with van der Waals surface area (Å²) in [7, 11) is 0. The predicted molar refractivity (Wildman–Crippen MR) is 60.4 cm³/mol. The first-order valence-electron chi connectivity index (χ1n) is 5.80. The van der Waals surface area contributed by atoms with Gasteiger partial charge in [-0.1, -0.05) is 0 Å². The highest BCUT2D eigenvalue weighted by Crippen LogP contribution is 2.40. The SMILES string of the molecule is CC(C)NC(C#N)(COC(C)C)C1CC1. The fourth-order valence-corrected chi connectivity index (χ4v) is 1.82. The average molecular weight is 210 g/mol. The topological polar surface area (TPSA) is 45.0 Å². The Bertz CT molecular complexity index is 240. The maximum atomic E-state index is 9.36. The Morgan fingerprint density at radius 1 is 1.40 bits per heavy atom. The van der Waals surface area contributed by atoms with Crippen LogP contribution in [-0.4, -0.2) is 24.3 Å². The number of rotatable bonds is 6. The van der Waals surface area contributed by atoms with Crippen LogP contribution in [0.4, 0.5) is 0 Å². The zero-order chi connectivity index (χ0) is 11.5. The summed E-state index contributed by atoms with van der Waals surface area (Å²) in [6, 6.07) is 2.75. The van der Waals surface area contributed by atoms with Gasteiger partial charge in [0, 0.05) is 6.04 Å². The number of hydrogen-bond acceptors (Lipinski definition) is 3. The molecular weight excluding hydrogens is 188 g/mol. The fourth-order valence-electron chi connectivity index (χ4n) is 1.82. The summed E-state index contributed by atoms with van der Waals surface area (Å²) in [5, 5.41) is 12.7. The molecule has 1 aliphatic rings. The van der Waals surface area contributed by atoms with Gasteiger partial charge in [-0.3, -0.25) is 5.32 Å². The summed E-state index contributed by atoms with van der Waals surface area (Å²) in [6.45, 7) is 8.66. The van der Waals surface area contributed by atoms with Crippen LogP contribution in [0.3, 0.4) is 0 Å². The van der Waals surface area contributed by atoms with Gasteiger partial charge in [-0.15, -0.1) is 0 Å². The summed E-state index contributed by atoms with van der Waals surface area (Å²) in [5.74, 6) is 0.476. The van der Waals surface area contributed by atoms with E-state index in [0.717, 1.165) is 12.8 Å². The molecule has 0 aromatic rings. The molecule has 0 spiro atoms. The lowest BCUT2D eigenvalue weighted by Crippen LogP contribution is -2.53. The molecule has 0 radical (unpaired) electrons. The van der Waals surface area contributed by atoms with Crippen LogP contribution in [0.5, 0.6) is 0 Å². The van der Waals surface area contributed by atoms with Crippen LogP contribution in [0.15, 0.2) is 0 Å². The minimum Gasteiger partial charge on any atom is -0.376 e. The number of nitrogens with one attached hydrogen (secondary N) is 1. The van der Waals surface area contributed by atoms with E-state index in [4.69, 9.17) is 4.74 Å². The maximum Gasteiger partial charge on any atom is 0.133 e. The van der Waals surface area contributed by atoms with E-state index >= 15 is 0 Å². The highest BCUT2D eigenvalue weighted by molar-refractivity contribution is 5.16. The van der Waals surface area contributed by atoms with Gasteiger partial charge in [0.1, 0.15) is 5.54 Å². The molecule has 0 heterocycles. The average Bonchev–Trinajstić information content (AvgIpc) is 2.94. The molecule has 86 valence electrons. The van der Waals surface area contributed by atoms with E-state index in [1.165, 1.54) is 0 Å². The Hall–Kier alpha value is -0.590. The second-order valence-corrected chi connectivity index (χ2v) is 5.02. The van der Waals surface area contributed by atoms with E-state index in [0.29, 0.717) is 18.6 Å². The highest BCUT2D eigenvalue weighted by Gasteiger charge is 2.46. The van der Waals surface area contributed by atoms with Crippen molar-refractivity contribution in [2.45, 2.75) is 58.2 Å². The zero-order valence-electron chi connectivity index (χ0n) is 10.2. The first kappa shape index (κ1) is 12.5. The van der Waals surface area contributed by atoms with Gasteiger partial charge in [-0.05, 0) is 46.5 Å². The molecule has 1 aliphatic carbocycles. The monoisotopic (exact) mass is 210 g/mol. The Labute approximate surface area is 92.8 Å². The van der Waals surface area contributed by atoms with Crippen LogP contribution in [0.1, 0.15) is 40.5 Å². The number of nitrogens with zero attached hydrogens (tertiary/aromatic N) is 1. The molecule has 1 atom stereocenters.